The smallest absolute Gasteiger partial charge is 0.132 e. The molecular formula is C14H17FN2. The summed E-state index contributed by atoms with van der Waals surface area (Å²) in [6.07, 6.45) is 1.94. The van der Waals surface area contributed by atoms with Crippen molar-refractivity contribution in [1.29, 1.82) is 0 Å². The minimum atomic E-state index is -0.141. The summed E-state index contributed by atoms with van der Waals surface area (Å²) in [5.41, 5.74) is 7.93. The third-order valence-electron chi connectivity index (χ3n) is 4.32. The van der Waals surface area contributed by atoms with Gasteiger partial charge in [-0.25, -0.2) is 4.39 Å². The van der Waals surface area contributed by atoms with E-state index in [0.29, 0.717) is 18.4 Å². The van der Waals surface area contributed by atoms with Gasteiger partial charge in [0, 0.05) is 17.1 Å². The van der Waals surface area contributed by atoms with E-state index in [9.17, 15) is 4.39 Å². The van der Waals surface area contributed by atoms with E-state index in [1.54, 1.807) is 6.07 Å². The van der Waals surface area contributed by atoms with Crippen LogP contribution in [0, 0.1) is 17.2 Å². The van der Waals surface area contributed by atoms with Crippen molar-refractivity contribution >= 4 is 10.9 Å². The van der Waals surface area contributed by atoms with Crippen molar-refractivity contribution in [2.45, 2.75) is 19.8 Å². The van der Waals surface area contributed by atoms with E-state index in [-0.39, 0.29) is 11.2 Å². The van der Waals surface area contributed by atoms with E-state index in [0.717, 1.165) is 16.5 Å². The summed E-state index contributed by atoms with van der Waals surface area (Å²) < 4.78 is 13.9. The quantitative estimate of drug-likeness (QED) is 0.821. The monoisotopic (exact) mass is 232 g/mol. The summed E-state index contributed by atoms with van der Waals surface area (Å²) in [7, 11) is 0. The molecule has 1 aliphatic rings. The van der Waals surface area contributed by atoms with Crippen LogP contribution in [0.25, 0.3) is 10.9 Å². The number of fused-ring (bicyclic) bond motifs is 1. The van der Waals surface area contributed by atoms with Crippen LogP contribution in [0.3, 0.4) is 0 Å². The highest BCUT2D eigenvalue weighted by atomic mass is 19.1. The molecule has 0 aliphatic heterocycles. The molecule has 17 heavy (non-hydrogen) atoms. The van der Waals surface area contributed by atoms with Crippen LogP contribution in [0.1, 0.15) is 25.3 Å². The Bertz CT molecular complexity index is 571. The number of hydrogen-bond acceptors (Lipinski definition) is 1. The Kier molecular flexibility index (Phi) is 2.11. The van der Waals surface area contributed by atoms with E-state index in [4.69, 9.17) is 5.73 Å². The van der Waals surface area contributed by atoms with Crippen LogP contribution in [-0.4, -0.2) is 11.5 Å². The molecule has 2 aromatic rings. The summed E-state index contributed by atoms with van der Waals surface area (Å²) in [6.45, 7) is 5.07. The van der Waals surface area contributed by atoms with E-state index >= 15 is 0 Å². The molecule has 3 rings (SSSR count). The second-order valence-electron chi connectivity index (χ2n) is 5.55. The first-order valence-corrected chi connectivity index (χ1v) is 6.03. The van der Waals surface area contributed by atoms with E-state index in [2.05, 4.69) is 18.8 Å². The Labute approximate surface area is 100 Å². The molecule has 1 aromatic carbocycles. The summed E-state index contributed by atoms with van der Waals surface area (Å²) in [6, 6.07) is 5.16. The van der Waals surface area contributed by atoms with Gasteiger partial charge in [-0.05, 0) is 41.5 Å². The number of hydrogen-bond donors (Lipinski definition) is 2. The van der Waals surface area contributed by atoms with Gasteiger partial charge < -0.3 is 10.7 Å². The fraction of sp³-hybridized carbons (Fsp3) is 0.429. The van der Waals surface area contributed by atoms with Crippen molar-refractivity contribution in [3.8, 4) is 0 Å². The predicted octanol–water partition coefficient (Wildman–Crippen LogP) is 3.01. The van der Waals surface area contributed by atoms with Crippen molar-refractivity contribution in [1.82, 2.24) is 4.98 Å². The topological polar surface area (TPSA) is 41.8 Å². The maximum atomic E-state index is 13.9. The average Bonchev–Trinajstić information content (AvgIpc) is 2.67. The number of halogens is 1. The Morgan fingerprint density at radius 1 is 1.41 bits per heavy atom. The molecule has 2 unspecified atom stereocenters. The second kappa shape index (κ2) is 3.33. The third-order valence-corrected chi connectivity index (χ3v) is 4.32. The van der Waals surface area contributed by atoms with Gasteiger partial charge in [-0.2, -0.15) is 0 Å². The molecule has 0 saturated heterocycles. The van der Waals surface area contributed by atoms with Gasteiger partial charge in [0.15, 0.2) is 0 Å². The molecule has 1 fully saturated rings. The molecule has 0 amide bonds. The van der Waals surface area contributed by atoms with Crippen molar-refractivity contribution in [3.05, 3.63) is 35.8 Å². The second-order valence-corrected chi connectivity index (χ2v) is 5.55. The molecule has 1 aromatic heterocycles. The summed E-state index contributed by atoms with van der Waals surface area (Å²) >= 11 is 0. The van der Waals surface area contributed by atoms with Gasteiger partial charge in [-0.15, -0.1) is 0 Å². The van der Waals surface area contributed by atoms with Gasteiger partial charge in [-0.1, -0.05) is 19.9 Å². The first kappa shape index (κ1) is 10.8. The maximum absolute atomic E-state index is 13.9. The molecule has 1 aliphatic carbocycles. The van der Waals surface area contributed by atoms with Crippen LogP contribution in [0.2, 0.25) is 0 Å². The largest absolute Gasteiger partial charge is 0.361 e. The number of rotatable bonds is 2. The zero-order chi connectivity index (χ0) is 12.2. The number of aromatic nitrogens is 1. The van der Waals surface area contributed by atoms with Crippen molar-refractivity contribution in [3.63, 3.8) is 0 Å². The highest BCUT2D eigenvalue weighted by Crippen LogP contribution is 2.64. The number of aromatic amines is 1. The van der Waals surface area contributed by atoms with Gasteiger partial charge in [0.05, 0.1) is 0 Å². The van der Waals surface area contributed by atoms with Crippen LogP contribution in [0.15, 0.2) is 24.4 Å². The summed E-state index contributed by atoms with van der Waals surface area (Å²) in [4.78, 5) is 3.15. The molecular weight excluding hydrogens is 215 g/mol. The normalized spacial score (nSPS) is 26.4. The molecule has 90 valence electrons. The van der Waals surface area contributed by atoms with Crippen LogP contribution in [-0.2, 0) is 0 Å². The Morgan fingerprint density at radius 2 is 2.18 bits per heavy atom. The SMILES string of the molecule is CC1(C)C(CN)C1c1c[nH]c2cccc(F)c12. The minimum absolute atomic E-state index is 0.141. The lowest BCUT2D eigenvalue weighted by Crippen LogP contribution is -2.05. The highest BCUT2D eigenvalue weighted by Gasteiger charge is 2.57. The highest BCUT2D eigenvalue weighted by molar-refractivity contribution is 5.85. The van der Waals surface area contributed by atoms with Crippen molar-refractivity contribution in [2.75, 3.05) is 6.54 Å². The first-order chi connectivity index (χ1) is 8.07. The third kappa shape index (κ3) is 1.35. The van der Waals surface area contributed by atoms with E-state index < -0.39 is 0 Å². The van der Waals surface area contributed by atoms with Gasteiger partial charge in [0.1, 0.15) is 5.82 Å². The van der Waals surface area contributed by atoms with Gasteiger partial charge >= 0.3 is 0 Å². The van der Waals surface area contributed by atoms with Gasteiger partial charge in [-0.3, -0.25) is 0 Å². The lowest BCUT2D eigenvalue weighted by molar-refractivity contribution is 0.558. The lowest BCUT2D eigenvalue weighted by Gasteiger charge is -2.02. The zero-order valence-corrected chi connectivity index (χ0v) is 10.1. The fourth-order valence-electron chi connectivity index (χ4n) is 3.21. The van der Waals surface area contributed by atoms with Gasteiger partial charge in [0.2, 0.25) is 0 Å². The Morgan fingerprint density at radius 3 is 2.82 bits per heavy atom. The zero-order valence-electron chi connectivity index (χ0n) is 10.1. The van der Waals surface area contributed by atoms with E-state index in [1.807, 2.05) is 12.3 Å². The van der Waals surface area contributed by atoms with Crippen LogP contribution >= 0.6 is 0 Å². The van der Waals surface area contributed by atoms with Crippen LogP contribution in [0.5, 0.6) is 0 Å². The standard InChI is InChI=1S/C14H17FN2/c1-14(2)9(6-16)13(14)8-7-17-11-5-3-4-10(15)12(8)11/h3-5,7,9,13,17H,6,16H2,1-2H3. The molecule has 3 N–H and O–H groups in total. The van der Waals surface area contributed by atoms with Crippen LogP contribution in [0.4, 0.5) is 4.39 Å². The molecule has 1 heterocycles. The molecule has 0 bridgehead atoms. The Balaban J connectivity index is 2.14. The summed E-state index contributed by atoms with van der Waals surface area (Å²) in [5, 5.41) is 0.738. The minimum Gasteiger partial charge on any atom is -0.361 e. The molecule has 0 spiro atoms. The number of benzene rings is 1. The van der Waals surface area contributed by atoms with E-state index in [1.165, 1.54) is 6.07 Å². The first-order valence-electron chi connectivity index (χ1n) is 6.03. The van der Waals surface area contributed by atoms with Crippen LogP contribution < -0.4 is 5.73 Å². The average molecular weight is 232 g/mol. The molecule has 3 heteroatoms. The van der Waals surface area contributed by atoms with Crippen molar-refractivity contribution < 1.29 is 4.39 Å². The fourth-order valence-corrected chi connectivity index (χ4v) is 3.21. The summed E-state index contributed by atoms with van der Waals surface area (Å²) in [5.74, 6) is 0.691. The maximum Gasteiger partial charge on any atom is 0.132 e. The number of nitrogens with two attached hydrogens (primary N) is 1. The molecule has 2 nitrogen and oxygen atoms in total. The number of H-pyrrole nitrogens is 1. The number of nitrogens with one attached hydrogen (secondary N) is 1. The molecule has 2 atom stereocenters. The van der Waals surface area contributed by atoms with Crippen molar-refractivity contribution in [2.24, 2.45) is 17.1 Å². The van der Waals surface area contributed by atoms with Gasteiger partial charge in [0.25, 0.3) is 0 Å². The molecule has 1 saturated carbocycles. The molecule has 0 radical (unpaired) electrons. The Hall–Kier alpha value is -1.35. The lowest BCUT2D eigenvalue weighted by atomic mass is 10.0. The predicted molar refractivity (Wildman–Crippen MR) is 67.3 cm³/mol.